The van der Waals surface area contributed by atoms with Gasteiger partial charge >= 0.3 is 24.4 Å². The van der Waals surface area contributed by atoms with Gasteiger partial charge in [-0.25, -0.2) is 14.6 Å². The summed E-state index contributed by atoms with van der Waals surface area (Å²) >= 11 is 0. The minimum atomic E-state index is -5.08. The van der Waals surface area contributed by atoms with Crippen molar-refractivity contribution in [3.8, 4) is 0 Å². The number of imidazole rings is 1. The topological polar surface area (TPSA) is 116 Å². The molecule has 1 unspecified atom stereocenters. The minimum absolute atomic E-state index is 0.282. The van der Waals surface area contributed by atoms with Crippen molar-refractivity contribution in [3.05, 3.63) is 30.2 Å². The number of nitrogens with zero attached hydrogens (tertiary/aromatic N) is 3. The highest BCUT2D eigenvalue weighted by Crippen LogP contribution is 2.43. The number of halogens is 6. The van der Waals surface area contributed by atoms with Crippen LogP contribution in [0.1, 0.15) is 25.8 Å². The molecular weight excluding hydrogens is 476 g/mol. The molecule has 0 bridgehead atoms. The highest BCUT2D eigenvalue weighted by molar-refractivity contribution is 6.07. The molecule has 0 aromatic carbocycles. The van der Waals surface area contributed by atoms with Crippen molar-refractivity contribution < 1.29 is 45.8 Å². The molecule has 2 saturated heterocycles. The van der Waals surface area contributed by atoms with E-state index in [4.69, 9.17) is 9.90 Å². The van der Waals surface area contributed by atoms with Gasteiger partial charge in [-0.2, -0.15) is 26.3 Å². The Labute approximate surface area is 187 Å². The highest BCUT2D eigenvalue weighted by Gasteiger charge is 2.58. The zero-order valence-electron chi connectivity index (χ0n) is 17.7. The van der Waals surface area contributed by atoms with Gasteiger partial charge in [-0.05, 0) is 18.6 Å². The number of fused-ring (bicyclic) bond motifs is 1. The lowest BCUT2D eigenvalue weighted by molar-refractivity contribution is -0.192. The molecule has 34 heavy (non-hydrogen) atoms. The predicted molar refractivity (Wildman–Crippen MR) is 104 cm³/mol. The van der Waals surface area contributed by atoms with Crippen LogP contribution in [0.5, 0.6) is 0 Å². The van der Waals surface area contributed by atoms with Gasteiger partial charge < -0.3 is 15.3 Å². The first-order valence-corrected chi connectivity index (χ1v) is 9.70. The Balaban J connectivity index is 0.000000406. The monoisotopic (exact) mass is 495 g/mol. The molecule has 2 aliphatic rings. The summed E-state index contributed by atoms with van der Waals surface area (Å²) in [6.07, 6.45) is -6.44. The maximum absolute atomic E-state index is 13.3. The lowest BCUT2D eigenvalue weighted by Gasteiger charge is -2.50. The molecule has 1 atom stereocenters. The first kappa shape index (κ1) is 25.1. The van der Waals surface area contributed by atoms with Crippen LogP contribution in [0.3, 0.4) is 0 Å². The summed E-state index contributed by atoms with van der Waals surface area (Å²) < 4.78 is 73.3. The van der Waals surface area contributed by atoms with E-state index in [1.807, 2.05) is 13.8 Å². The van der Waals surface area contributed by atoms with Crippen molar-refractivity contribution in [2.45, 2.75) is 38.2 Å². The number of piperidine rings is 1. The van der Waals surface area contributed by atoms with Crippen LogP contribution in [0, 0.1) is 5.41 Å². The lowest BCUT2D eigenvalue weighted by Crippen LogP contribution is -2.66. The SMILES string of the molecule is CC1(C)CN(c2cc(C(F)(F)F)cc3cncn23)CCC12NC(=O)NC2=O.O=C(O)C(F)(F)F. The van der Waals surface area contributed by atoms with Crippen molar-refractivity contribution in [2.75, 3.05) is 18.0 Å². The molecule has 4 rings (SSSR count). The van der Waals surface area contributed by atoms with E-state index in [9.17, 15) is 35.9 Å². The summed E-state index contributed by atoms with van der Waals surface area (Å²) in [5, 5.41) is 12.1. The number of hydrogen-bond acceptors (Lipinski definition) is 5. The van der Waals surface area contributed by atoms with E-state index in [0.29, 0.717) is 17.9 Å². The molecule has 3 N–H and O–H groups in total. The van der Waals surface area contributed by atoms with Crippen LogP contribution < -0.4 is 15.5 Å². The number of nitrogens with one attached hydrogen (secondary N) is 2. The van der Waals surface area contributed by atoms with Gasteiger partial charge in [0.05, 0.1) is 17.3 Å². The largest absolute Gasteiger partial charge is 0.490 e. The van der Waals surface area contributed by atoms with E-state index in [0.717, 1.165) is 12.1 Å². The predicted octanol–water partition coefficient (Wildman–Crippen LogP) is 2.80. The summed E-state index contributed by atoms with van der Waals surface area (Å²) in [7, 11) is 0. The maximum atomic E-state index is 13.3. The minimum Gasteiger partial charge on any atom is -0.475 e. The second-order valence-electron chi connectivity index (χ2n) is 8.46. The molecule has 2 aromatic rings. The van der Waals surface area contributed by atoms with Gasteiger partial charge in [0.1, 0.15) is 17.7 Å². The molecule has 0 radical (unpaired) electrons. The van der Waals surface area contributed by atoms with Crippen LogP contribution in [0.4, 0.5) is 37.0 Å². The third-order valence-electron chi connectivity index (χ3n) is 5.84. The van der Waals surface area contributed by atoms with Crippen LogP contribution in [0.2, 0.25) is 0 Å². The Morgan fingerprint density at radius 3 is 2.24 bits per heavy atom. The molecule has 0 aliphatic carbocycles. The maximum Gasteiger partial charge on any atom is 0.490 e. The average molecular weight is 495 g/mol. The number of carbonyl (C=O) groups is 3. The smallest absolute Gasteiger partial charge is 0.475 e. The number of anilines is 1. The fourth-order valence-electron chi connectivity index (χ4n) is 4.09. The number of carbonyl (C=O) groups excluding carboxylic acids is 2. The number of imide groups is 1. The second kappa shape index (κ2) is 8.06. The highest BCUT2D eigenvalue weighted by atomic mass is 19.4. The number of urea groups is 1. The molecule has 3 amide bonds. The first-order chi connectivity index (χ1) is 15.5. The third-order valence-corrected chi connectivity index (χ3v) is 5.84. The molecule has 2 aromatic heterocycles. The van der Waals surface area contributed by atoms with Crippen LogP contribution in [0.15, 0.2) is 24.7 Å². The summed E-state index contributed by atoms with van der Waals surface area (Å²) in [6.45, 7) is 4.24. The number of alkyl halides is 6. The lowest BCUT2D eigenvalue weighted by atomic mass is 9.67. The Hall–Kier alpha value is -3.52. The van der Waals surface area contributed by atoms with Gasteiger partial charge in [-0.15, -0.1) is 0 Å². The van der Waals surface area contributed by atoms with Crippen molar-refractivity contribution in [3.63, 3.8) is 0 Å². The molecule has 1 spiro atoms. The average Bonchev–Trinajstić information content (AvgIpc) is 3.27. The summed E-state index contributed by atoms with van der Waals surface area (Å²) in [4.78, 5) is 38.7. The quantitative estimate of drug-likeness (QED) is 0.414. The number of carboxylic acids is 1. The first-order valence-electron chi connectivity index (χ1n) is 9.70. The molecule has 9 nitrogen and oxygen atoms in total. The Morgan fingerprint density at radius 2 is 1.76 bits per heavy atom. The van der Waals surface area contributed by atoms with Crippen LogP contribution in [-0.2, 0) is 15.8 Å². The number of aromatic nitrogens is 2. The molecule has 2 aliphatic heterocycles. The zero-order chi connectivity index (χ0) is 25.7. The Morgan fingerprint density at radius 1 is 1.15 bits per heavy atom. The van der Waals surface area contributed by atoms with E-state index in [1.54, 1.807) is 9.30 Å². The molecule has 186 valence electrons. The van der Waals surface area contributed by atoms with Gasteiger partial charge in [0, 0.05) is 18.5 Å². The standard InChI is InChI=1S/C17H18F3N5O2.C2HF3O2/c1-15(2)8-24(4-3-16(15)13(26)22-14(27)23-16)12-6-10(17(18,19)20)5-11-7-21-9-25(11)12;3-2(4,5)1(6)7/h5-7,9H,3-4,8H2,1-2H3,(H2,22,23,26,27);(H,6,7). The molecule has 15 heteroatoms. The molecule has 0 saturated carbocycles. The van der Waals surface area contributed by atoms with Crippen LogP contribution >= 0.6 is 0 Å². The van der Waals surface area contributed by atoms with Crippen molar-refractivity contribution in [1.29, 1.82) is 0 Å². The van der Waals surface area contributed by atoms with Crippen molar-refractivity contribution in [2.24, 2.45) is 5.41 Å². The van der Waals surface area contributed by atoms with E-state index in [1.165, 1.54) is 12.5 Å². The Kier molecular flexibility index (Phi) is 5.95. The van der Waals surface area contributed by atoms with Crippen molar-refractivity contribution in [1.82, 2.24) is 20.0 Å². The number of amides is 3. The molecule has 4 heterocycles. The third kappa shape index (κ3) is 4.46. The number of hydrogen-bond donors (Lipinski definition) is 3. The number of rotatable bonds is 1. The summed E-state index contributed by atoms with van der Waals surface area (Å²) in [6, 6.07) is 1.60. The van der Waals surface area contributed by atoms with Gasteiger partial charge in [0.15, 0.2) is 0 Å². The zero-order valence-corrected chi connectivity index (χ0v) is 17.7. The van der Waals surface area contributed by atoms with Gasteiger partial charge in [-0.1, -0.05) is 13.8 Å². The van der Waals surface area contributed by atoms with Gasteiger partial charge in [0.25, 0.3) is 5.91 Å². The van der Waals surface area contributed by atoms with Gasteiger partial charge in [0.2, 0.25) is 0 Å². The second-order valence-corrected chi connectivity index (χ2v) is 8.46. The summed E-state index contributed by atoms with van der Waals surface area (Å²) in [5.74, 6) is -2.80. The number of aliphatic carboxylic acids is 1. The van der Waals surface area contributed by atoms with Crippen molar-refractivity contribution >= 4 is 29.2 Å². The van der Waals surface area contributed by atoms with Crippen LogP contribution in [0.25, 0.3) is 5.52 Å². The normalized spacial score (nSPS) is 22.3. The van der Waals surface area contributed by atoms with E-state index >= 15 is 0 Å². The van der Waals surface area contributed by atoms with E-state index < -0.39 is 46.8 Å². The van der Waals surface area contributed by atoms with E-state index in [-0.39, 0.29) is 13.0 Å². The Bertz CT molecular complexity index is 1140. The fourth-order valence-corrected chi connectivity index (χ4v) is 4.09. The van der Waals surface area contributed by atoms with Crippen LogP contribution in [-0.4, -0.2) is 57.2 Å². The number of pyridine rings is 1. The fraction of sp³-hybridized carbons (Fsp3) is 0.474. The number of carboxylic acid groups (broad SMARTS) is 1. The van der Waals surface area contributed by atoms with Gasteiger partial charge in [-0.3, -0.25) is 14.5 Å². The molecular formula is C19H19F6N5O4. The molecule has 2 fully saturated rings. The van der Waals surface area contributed by atoms with E-state index in [2.05, 4.69) is 15.6 Å². The summed E-state index contributed by atoms with van der Waals surface area (Å²) in [5.41, 5.74) is -2.20.